The fourth-order valence-electron chi connectivity index (χ4n) is 1.82. The van der Waals surface area contributed by atoms with Crippen LogP contribution in [0, 0.1) is 69.0 Å². The first-order valence-corrected chi connectivity index (χ1v) is 9.27. The van der Waals surface area contributed by atoms with Crippen LogP contribution in [0.1, 0.15) is 34.6 Å². The van der Waals surface area contributed by atoms with Gasteiger partial charge in [0.25, 0.3) is 0 Å². The fraction of sp³-hybridized carbons (Fsp3) is 0.450. The Kier molecular flexibility index (Phi) is 13.4. The van der Waals surface area contributed by atoms with Gasteiger partial charge >= 0.3 is 23.2 Å². The summed E-state index contributed by atoms with van der Waals surface area (Å²) in [6.07, 6.45) is 17.9. The van der Waals surface area contributed by atoms with Gasteiger partial charge in [-0.1, -0.05) is 13.8 Å². The van der Waals surface area contributed by atoms with Crippen LogP contribution in [0.15, 0.2) is 0 Å². The summed E-state index contributed by atoms with van der Waals surface area (Å²) in [6.45, 7) is 9.82. The molecule has 1 amide bonds. The second kappa shape index (κ2) is 13.3. The van der Waals surface area contributed by atoms with E-state index in [4.69, 9.17) is 4.74 Å². The third-order valence-corrected chi connectivity index (χ3v) is 4.26. The molecule has 5 heteroatoms. The standard InChI is InChI=1S/C15H24NO2S.C5H5.Fe/c1-11(2)13(10-19-12-8-6-7-9-12)16-14(17)18-15(3,4)5;1-2-4-5-3-1;/h6-9,11,13H,10H2,1-5H3,(H,16,17);1-5H;/q;;+2/t13-;;/m1../s1. The van der Waals surface area contributed by atoms with Crippen molar-refractivity contribution in [1.82, 2.24) is 5.32 Å². The van der Waals surface area contributed by atoms with E-state index < -0.39 is 5.60 Å². The van der Waals surface area contributed by atoms with Gasteiger partial charge in [0, 0.05) is 17.0 Å². The maximum atomic E-state index is 11.8. The molecule has 0 heterocycles. The summed E-state index contributed by atoms with van der Waals surface area (Å²) in [5, 5.41) is 4.19. The SMILES string of the molecule is CC(C)[C@@H](CS[C]1[CH][CH][CH][CH]1)NC(=O)OC(C)(C)C.[CH]1[CH][CH][CH][CH]1.[Fe+2]. The van der Waals surface area contributed by atoms with Crippen LogP contribution in [0.2, 0.25) is 0 Å². The van der Waals surface area contributed by atoms with Crippen molar-refractivity contribution in [2.24, 2.45) is 5.92 Å². The summed E-state index contributed by atoms with van der Waals surface area (Å²) >= 11 is 1.75. The molecular formula is C20H29FeNO2S+2. The Morgan fingerprint density at radius 1 is 1.04 bits per heavy atom. The molecular weight excluding hydrogens is 374 g/mol. The largest absolute Gasteiger partial charge is 2.00 e. The summed E-state index contributed by atoms with van der Waals surface area (Å²) in [7, 11) is 0. The van der Waals surface area contributed by atoms with E-state index in [1.807, 2.05) is 65.7 Å². The summed E-state index contributed by atoms with van der Waals surface area (Å²) in [4.78, 5) is 11.8. The zero-order valence-corrected chi connectivity index (χ0v) is 17.6. The van der Waals surface area contributed by atoms with E-state index in [0.717, 1.165) is 5.75 Å². The van der Waals surface area contributed by atoms with Gasteiger partial charge in [-0.15, -0.1) is 0 Å². The Morgan fingerprint density at radius 3 is 1.92 bits per heavy atom. The van der Waals surface area contributed by atoms with Crippen LogP contribution in [0.4, 0.5) is 4.79 Å². The van der Waals surface area contributed by atoms with E-state index in [0.29, 0.717) is 5.92 Å². The molecule has 2 rings (SSSR count). The van der Waals surface area contributed by atoms with Crippen molar-refractivity contribution >= 4 is 17.9 Å². The number of hydrogen-bond donors (Lipinski definition) is 1. The number of nitrogens with one attached hydrogen (secondary N) is 1. The van der Waals surface area contributed by atoms with Crippen LogP contribution in [-0.4, -0.2) is 23.5 Å². The smallest absolute Gasteiger partial charge is 0.444 e. The van der Waals surface area contributed by atoms with Crippen molar-refractivity contribution in [2.45, 2.75) is 46.3 Å². The molecule has 0 aromatic carbocycles. The van der Waals surface area contributed by atoms with Crippen molar-refractivity contribution in [3.8, 4) is 0 Å². The molecule has 3 nitrogen and oxygen atoms in total. The van der Waals surface area contributed by atoms with Gasteiger partial charge in [-0.3, -0.25) is 0 Å². The molecule has 0 spiro atoms. The predicted octanol–water partition coefficient (Wildman–Crippen LogP) is 4.65. The first kappa shape index (κ1) is 25.1. The van der Waals surface area contributed by atoms with Crippen LogP contribution in [-0.2, 0) is 21.8 Å². The van der Waals surface area contributed by atoms with Crippen molar-refractivity contribution < 1.29 is 26.6 Å². The van der Waals surface area contributed by atoms with E-state index >= 15 is 0 Å². The molecule has 2 fully saturated rings. The number of ether oxygens (including phenoxy) is 1. The van der Waals surface area contributed by atoms with Crippen LogP contribution >= 0.6 is 11.8 Å². The van der Waals surface area contributed by atoms with E-state index in [1.165, 1.54) is 5.25 Å². The third kappa shape index (κ3) is 13.0. The van der Waals surface area contributed by atoms with Gasteiger partial charge in [-0.2, -0.15) is 11.8 Å². The van der Waals surface area contributed by atoms with Gasteiger partial charge < -0.3 is 10.1 Å². The van der Waals surface area contributed by atoms with Gasteiger partial charge in [-0.05, 0) is 84.5 Å². The minimum Gasteiger partial charge on any atom is -0.444 e. The van der Waals surface area contributed by atoms with Crippen molar-refractivity contribution in [3.63, 3.8) is 0 Å². The minimum atomic E-state index is -0.454. The van der Waals surface area contributed by atoms with Crippen molar-refractivity contribution in [2.75, 3.05) is 5.75 Å². The molecule has 0 bridgehead atoms. The number of carbonyl (C=O) groups is 1. The topological polar surface area (TPSA) is 38.3 Å². The number of alkyl carbamates (subject to hydrolysis) is 1. The van der Waals surface area contributed by atoms with Gasteiger partial charge in [0.05, 0.1) is 0 Å². The average molecular weight is 403 g/mol. The molecule has 0 unspecified atom stereocenters. The Morgan fingerprint density at radius 2 is 1.52 bits per heavy atom. The molecule has 25 heavy (non-hydrogen) atoms. The van der Waals surface area contributed by atoms with Crippen LogP contribution in [0.5, 0.6) is 0 Å². The third-order valence-electron chi connectivity index (χ3n) is 3.12. The van der Waals surface area contributed by atoms with Crippen LogP contribution in [0.25, 0.3) is 0 Å². The first-order chi connectivity index (χ1) is 11.3. The van der Waals surface area contributed by atoms with E-state index in [2.05, 4.69) is 32.0 Å². The Balaban J connectivity index is 0.000000820. The molecule has 0 aliphatic heterocycles. The number of thioether (sulfide) groups is 1. The van der Waals surface area contributed by atoms with E-state index in [-0.39, 0.29) is 29.2 Å². The number of carbonyl (C=O) groups excluding carboxylic acids is 1. The van der Waals surface area contributed by atoms with Crippen LogP contribution in [0.3, 0.4) is 0 Å². The molecule has 2 saturated carbocycles. The fourth-order valence-corrected chi connectivity index (χ4v) is 3.01. The van der Waals surface area contributed by atoms with Gasteiger partial charge in [0.15, 0.2) is 0 Å². The average Bonchev–Trinajstić information content (AvgIpc) is 3.16. The molecule has 0 aromatic heterocycles. The maximum absolute atomic E-state index is 11.8. The quantitative estimate of drug-likeness (QED) is 0.679. The van der Waals surface area contributed by atoms with Gasteiger partial charge in [0.1, 0.15) is 5.60 Å². The molecule has 10 radical (unpaired) electrons. The molecule has 0 saturated heterocycles. The van der Waals surface area contributed by atoms with Gasteiger partial charge in [-0.25, -0.2) is 4.79 Å². The Bertz CT molecular complexity index is 340. The van der Waals surface area contributed by atoms with E-state index in [9.17, 15) is 4.79 Å². The molecule has 138 valence electrons. The van der Waals surface area contributed by atoms with Crippen molar-refractivity contribution in [1.29, 1.82) is 0 Å². The normalized spacial score (nSPS) is 19.0. The summed E-state index contributed by atoms with van der Waals surface area (Å²) in [5.74, 6) is 1.22. The van der Waals surface area contributed by atoms with Gasteiger partial charge in [0.2, 0.25) is 0 Å². The molecule has 1 atom stereocenters. The number of hydrogen-bond acceptors (Lipinski definition) is 3. The van der Waals surface area contributed by atoms with Crippen molar-refractivity contribution in [3.05, 3.63) is 63.0 Å². The predicted molar refractivity (Wildman–Crippen MR) is 102 cm³/mol. The Hall–Kier alpha value is 0.139. The molecule has 2 aliphatic carbocycles. The zero-order valence-electron chi connectivity index (χ0n) is 15.6. The molecule has 0 aromatic rings. The monoisotopic (exact) mass is 403 g/mol. The number of rotatable bonds is 5. The second-order valence-corrected chi connectivity index (χ2v) is 7.98. The van der Waals surface area contributed by atoms with Crippen LogP contribution < -0.4 is 5.32 Å². The van der Waals surface area contributed by atoms with E-state index in [1.54, 1.807) is 11.8 Å². The molecule has 1 N–H and O–H groups in total. The second-order valence-electron chi connectivity index (χ2n) is 6.89. The zero-order chi connectivity index (χ0) is 18.0. The Labute approximate surface area is 170 Å². The summed E-state index contributed by atoms with van der Waals surface area (Å²) in [6, 6.07) is 0.106. The number of amides is 1. The maximum Gasteiger partial charge on any atom is 2.00 e. The summed E-state index contributed by atoms with van der Waals surface area (Å²) < 4.78 is 5.30. The summed E-state index contributed by atoms with van der Waals surface area (Å²) in [5.41, 5.74) is -0.454. The minimum absolute atomic E-state index is 0. The molecule has 2 aliphatic rings. The first-order valence-electron chi connectivity index (χ1n) is 8.28.